The summed E-state index contributed by atoms with van der Waals surface area (Å²) in [6, 6.07) is 8.81. The van der Waals surface area contributed by atoms with Crippen molar-refractivity contribution in [1.82, 2.24) is 0 Å². The molecule has 0 atom stereocenters. The van der Waals surface area contributed by atoms with E-state index in [4.69, 9.17) is 4.74 Å². The van der Waals surface area contributed by atoms with E-state index in [-0.39, 0.29) is 0 Å². The van der Waals surface area contributed by atoms with Crippen LogP contribution >= 0.6 is 22.6 Å². The Morgan fingerprint density at radius 3 is 1.50 bits per heavy atom. The summed E-state index contributed by atoms with van der Waals surface area (Å²) in [5.74, 6) is 0. The second kappa shape index (κ2) is 22.8. The maximum atomic E-state index is 6.78. The summed E-state index contributed by atoms with van der Waals surface area (Å²) in [7, 11) is 0. The fourth-order valence-corrected chi connectivity index (χ4v) is 49.0. The molecule has 0 aliphatic carbocycles. The molecule has 1 aromatic carbocycles. The van der Waals surface area contributed by atoms with Gasteiger partial charge in [-0.3, -0.25) is 0 Å². The predicted molar refractivity (Wildman–Crippen MR) is 187 cm³/mol. The van der Waals surface area contributed by atoms with E-state index in [0.29, 0.717) is 0 Å². The molecular formula is C34H63IOSn2. The molecule has 1 rings (SSSR count). The van der Waals surface area contributed by atoms with Crippen LogP contribution in [-0.4, -0.2) is 43.4 Å². The van der Waals surface area contributed by atoms with Crippen molar-refractivity contribution in [2.24, 2.45) is 0 Å². The molecule has 0 N–H and O–H groups in total. The minimum absolute atomic E-state index is 0.773. The first-order valence-electron chi connectivity index (χ1n) is 16.5. The SMILES string of the molecule is CCC[CH2][Sn](/[CH]=[C](\COCc1ccccc1I)[Sn]([CH2]CCC)([CH2]CCC)[CH2]CCC)([CH2]CCC)[CH2]CCC. The normalized spacial score (nSPS) is 12.9. The molecule has 220 valence electrons. The number of rotatable bonds is 24. The summed E-state index contributed by atoms with van der Waals surface area (Å²) >= 11 is -2.52. The zero-order valence-corrected chi connectivity index (χ0v) is 34.2. The van der Waals surface area contributed by atoms with Crippen molar-refractivity contribution >= 4 is 59.3 Å². The fraction of sp³-hybridized carbons (Fsp3) is 0.765. The van der Waals surface area contributed by atoms with Crippen molar-refractivity contribution in [3.8, 4) is 0 Å². The summed E-state index contributed by atoms with van der Waals surface area (Å²) in [5.41, 5.74) is 1.36. The van der Waals surface area contributed by atoms with Crippen molar-refractivity contribution in [3.05, 3.63) is 41.1 Å². The van der Waals surface area contributed by atoms with Crippen LogP contribution in [0.3, 0.4) is 0 Å². The molecule has 0 amide bonds. The van der Waals surface area contributed by atoms with Gasteiger partial charge < -0.3 is 0 Å². The quantitative estimate of drug-likeness (QED) is 0.0744. The second-order valence-electron chi connectivity index (χ2n) is 12.0. The van der Waals surface area contributed by atoms with Crippen LogP contribution in [0.2, 0.25) is 26.6 Å². The molecule has 0 heterocycles. The third-order valence-corrected chi connectivity index (χ3v) is 42.4. The molecule has 38 heavy (non-hydrogen) atoms. The molecule has 4 heteroatoms. The van der Waals surface area contributed by atoms with Crippen LogP contribution in [0.25, 0.3) is 0 Å². The Morgan fingerprint density at radius 1 is 0.658 bits per heavy atom. The molecule has 0 aliphatic heterocycles. The second-order valence-corrected chi connectivity index (χ2v) is 39.5. The number of hydrogen-bond donors (Lipinski definition) is 0. The molecule has 0 radical (unpaired) electrons. The van der Waals surface area contributed by atoms with Crippen molar-refractivity contribution in [1.29, 1.82) is 0 Å². The topological polar surface area (TPSA) is 9.23 Å². The van der Waals surface area contributed by atoms with E-state index >= 15 is 0 Å². The zero-order chi connectivity index (χ0) is 28.1. The number of hydrogen-bond acceptors (Lipinski definition) is 1. The first-order chi connectivity index (χ1) is 18.5. The average molecular weight is 852 g/mol. The van der Waals surface area contributed by atoms with Crippen LogP contribution in [0.1, 0.15) is 124 Å². The standard InChI is InChI=1S/C10H9IO.6C4H9.2Sn/c1-2-7-12-8-9-5-3-4-6-10(9)11;6*1-3-4-2;;/h1,3-6H,7-8H2;6*1,3-4H2,2H3;;. The van der Waals surface area contributed by atoms with Gasteiger partial charge in [0.2, 0.25) is 0 Å². The van der Waals surface area contributed by atoms with Gasteiger partial charge in [-0.2, -0.15) is 0 Å². The van der Waals surface area contributed by atoms with Crippen molar-refractivity contribution in [2.45, 2.75) is 152 Å². The monoisotopic (exact) mass is 854 g/mol. The maximum absolute atomic E-state index is 6.78. The molecule has 0 aromatic heterocycles. The van der Waals surface area contributed by atoms with E-state index in [9.17, 15) is 0 Å². The molecule has 0 spiro atoms. The van der Waals surface area contributed by atoms with Crippen LogP contribution in [0, 0.1) is 3.57 Å². The first kappa shape index (κ1) is 37.3. The van der Waals surface area contributed by atoms with Gasteiger partial charge in [0, 0.05) is 0 Å². The Kier molecular flexibility index (Phi) is 22.4. The molecule has 1 aromatic rings. The summed E-state index contributed by atoms with van der Waals surface area (Å²) < 4.78 is 22.7. The third kappa shape index (κ3) is 13.9. The number of benzene rings is 1. The van der Waals surface area contributed by atoms with Crippen molar-refractivity contribution in [2.75, 3.05) is 6.61 Å². The molecule has 0 aliphatic rings. The predicted octanol–water partition coefficient (Wildman–Crippen LogP) is 12.5. The van der Waals surface area contributed by atoms with Gasteiger partial charge in [-0.25, -0.2) is 0 Å². The van der Waals surface area contributed by atoms with E-state index in [1.807, 2.05) is 3.59 Å². The first-order valence-corrected chi connectivity index (χ1v) is 32.8. The van der Waals surface area contributed by atoms with Crippen LogP contribution in [0.5, 0.6) is 0 Å². The van der Waals surface area contributed by atoms with Crippen LogP contribution in [0.4, 0.5) is 0 Å². The summed E-state index contributed by atoms with van der Waals surface area (Å²) in [6.07, 6.45) is 16.8. The molecule has 0 unspecified atom stereocenters. The van der Waals surface area contributed by atoms with Gasteiger partial charge in [0.25, 0.3) is 0 Å². The van der Waals surface area contributed by atoms with Crippen molar-refractivity contribution < 1.29 is 4.74 Å². The van der Waals surface area contributed by atoms with Gasteiger partial charge in [0.15, 0.2) is 0 Å². The van der Waals surface area contributed by atoms with E-state index in [0.717, 1.165) is 13.2 Å². The van der Waals surface area contributed by atoms with E-state index < -0.39 is 36.8 Å². The van der Waals surface area contributed by atoms with Crippen LogP contribution in [-0.2, 0) is 11.3 Å². The molecular weight excluding hydrogens is 789 g/mol. The fourth-order valence-electron chi connectivity index (χ4n) is 6.18. The average Bonchev–Trinajstić information content (AvgIpc) is 2.94. The van der Waals surface area contributed by atoms with Gasteiger partial charge in [0.05, 0.1) is 0 Å². The molecule has 0 fully saturated rings. The Morgan fingerprint density at radius 2 is 1.08 bits per heavy atom. The zero-order valence-electron chi connectivity index (χ0n) is 26.3. The third-order valence-electron chi connectivity index (χ3n) is 8.75. The van der Waals surface area contributed by atoms with Crippen LogP contribution in [0.15, 0.2) is 31.9 Å². The Bertz CT molecular complexity index is 704. The van der Waals surface area contributed by atoms with E-state index in [1.165, 1.54) is 86.2 Å². The minimum atomic E-state index is -2.57. The summed E-state index contributed by atoms with van der Waals surface area (Å²) in [6.45, 7) is 16.2. The van der Waals surface area contributed by atoms with Gasteiger partial charge in [-0.15, -0.1) is 0 Å². The van der Waals surface area contributed by atoms with Gasteiger partial charge in [-0.1, -0.05) is 0 Å². The molecule has 0 saturated heterocycles. The Labute approximate surface area is 261 Å². The van der Waals surface area contributed by atoms with Gasteiger partial charge >= 0.3 is 264 Å². The summed E-state index contributed by atoms with van der Waals surface area (Å²) in [4.78, 5) is 0. The van der Waals surface area contributed by atoms with Crippen molar-refractivity contribution in [3.63, 3.8) is 0 Å². The Hall–Kier alpha value is 1.25. The Balaban J connectivity index is 3.60. The number of ether oxygens (including phenoxy) is 1. The van der Waals surface area contributed by atoms with Gasteiger partial charge in [0.1, 0.15) is 0 Å². The van der Waals surface area contributed by atoms with E-state index in [1.54, 1.807) is 26.6 Å². The number of unbranched alkanes of at least 4 members (excludes halogenated alkanes) is 6. The van der Waals surface area contributed by atoms with E-state index in [2.05, 4.69) is 92.5 Å². The van der Waals surface area contributed by atoms with Crippen LogP contribution < -0.4 is 0 Å². The molecule has 0 saturated carbocycles. The van der Waals surface area contributed by atoms with Gasteiger partial charge in [-0.05, 0) is 0 Å². The molecule has 0 bridgehead atoms. The summed E-state index contributed by atoms with van der Waals surface area (Å²) in [5, 5.41) is 0. The molecule has 1 nitrogen and oxygen atoms in total. The number of halogens is 1.